The van der Waals surface area contributed by atoms with E-state index in [1.54, 1.807) is 11.9 Å². The fraction of sp³-hybridized carbons (Fsp3) is 0.778. The van der Waals surface area contributed by atoms with E-state index in [1.807, 2.05) is 19.9 Å². The number of rotatable bonds is 4. The Kier molecular flexibility index (Phi) is 5.69. The van der Waals surface area contributed by atoms with Crippen molar-refractivity contribution in [2.45, 2.75) is 32.7 Å². The third kappa shape index (κ3) is 4.36. The van der Waals surface area contributed by atoms with Crippen LogP contribution in [0.15, 0.2) is 0 Å². The lowest BCUT2D eigenvalue weighted by molar-refractivity contribution is 0.206. The maximum atomic E-state index is 11.3. The Morgan fingerprint density at radius 1 is 1.62 bits per heavy atom. The number of urea groups is 1. The molecule has 13 heavy (non-hydrogen) atoms. The van der Waals surface area contributed by atoms with Crippen LogP contribution in [0.1, 0.15) is 26.7 Å². The van der Waals surface area contributed by atoms with E-state index in [0.29, 0.717) is 13.0 Å². The molecule has 0 aromatic rings. The zero-order valence-corrected chi connectivity index (χ0v) is 8.50. The molecule has 0 aliphatic heterocycles. The van der Waals surface area contributed by atoms with Crippen LogP contribution in [-0.2, 0) is 0 Å². The number of hydrogen-bond acceptors (Lipinski definition) is 2. The Morgan fingerprint density at radius 3 is 2.62 bits per heavy atom. The summed E-state index contributed by atoms with van der Waals surface area (Å²) < 4.78 is 0. The third-order valence-electron chi connectivity index (χ3n) is 1.98. The van der Waals surface area contributed by atoms with E-state index >= 15 is 0 Å². The minimum atomic E-state index is -0.107. The summed E-state index contributed by atoms with van der Waals surface area (Å²) in [5.74, 6) is 0. The zero-order chi connectivity index (χ0) is 10.3. The highest BCUT2D eigenvalue weighted by Gasteiger charge is 2.11. The molecule has 0 saturated carbocycles. The van der Waals surface area contributed by atoms with Gasteiger partial charge in [-0.1, -0.05) is 6.92 Å². The number of nitriles is 1. The first kappa shape index (κ1) is 11.8. The normalized spacial score (nSPS) is 11.5. The molecule has 0 aromatic carbocycles. The summed E-state index contributed by atoms with van der Waals surface area (Å²) in [4.78, 5) is 12.9. The van der Waals surface area contributed by atoms with Crippen molar-refractivity contribution in [3.8, 4) is 6.07 Å². The van der Waals surface area contributed by atoms with Gasteiger partial charge in [-0.25, -0.2) is 4.79 Å². The van der Waals surface area contributed by atoms with Crippen molar-refractivity contribution in [1.82, 2.24) is 10.2 Å². The summed E-state index contributed by atoms with van der Waals surface area (Å²) in [5.41, 5.74) is 0. The van der Waals surface area contributed by atoms with Gasteiger partial charge in [0, 0.05) is 19.6 Å². The molecule has 2 amide bonds. The number of carbonyl (C=O) groups excluding carboxylic acids is 1. The summed E-state index contributed by atoms with van der Waals surface area (Å²) in [6, 6.07) is 1.92. The molecular formula is C9H17N3O. The van der Waals surface area contributed by atoms with Gasteiger partial charge in [-0.05, 0) is 13.3 Å². The second-order valence-electron chi connectivity index (χ2n) is 2.93. The van der Waals surface area contributed by atoms with Crippen LogP contribution in [0.5, 0.6) is 0 Å². The van der Waals surface area contributed by atoms with Crippen LogP contribution in [0.25, 0.3) is 0 Å². The molecule has 0 aliphatic carbocycles. The Bertz CT molecular complexity index is 198. The minimum Gasteiger partial charge on any atom is -0.334 e. The van der Waals surface area contributed by atoms with E-state index in [2.05, 4.69) is 5.32 Å². The summed E-state index contributed by atoms with van der Waals surface area (Å²) in [7, 11) is 1.73. The molecule has 0 aromatic heterocycles. The SMILES string of the molecule is CCC(CC#N)NC(=O)N(C)CC. The Hall–Kier alpha value is -1.24. The van der Waals surface area contributed by atoms with Crippen LogP contribution in [0.3, 0.4) is 0 Å². The summed E-state index contributed by atoms with van der Waals surface area (Å²) in [6.45, 7) is 4.54. The molecule has 0 aliphatic rings. The van der Waals surface area contributed by atoms with Gasteiger partial charge in [-0.2, -0.15) is 5.26 Å². The van der Waals surface area contributed by atoms with E-state index in [-0.39, 0.29) is 12.1 Å². The van der Waals surface area contributed by atoms with E-state index < -0.39 is 0 Å². The van der Waals surface area contributed by atoms with Crippen LogP contribution in [0.2, 0.25) is 0 Å². The molecule has 0 bridgehead atoms. The largest absolute Gasteiger partial charge is 0.334 e. The highest BCUT2D eigenvalue weighted by Crippen LogP contribution is 1.97. The summed E-state index contributed by atoms with van der Waals surface area (Å²) in [5, 5.41) is 11.2. The summed E-state index contributed by atoms with van der Waals surface area (Å²) >= 11 is 0. The molecule has 0 saturated heterocycles. The molecule has 0 rings (SSSR count). The molecule has 4 heteroatoms. The fourth-order valence-electron chi connectivity index (χ4n) is 0.836. The highest BCUT2D eigenvalue weighted by atomic mass is 16.2. The van der Waals surface area contributed by atoms with Crippen molar-refractivity contribution >= 4 is 6.03 Å². The average Bonchev–Trinajstić information content (AvgIpc) is 2.15. The maximum Gasteiger partial charge on any atom is 0.317 e. The van der Waals surface area contributed by atoms with Gasteiger partial charge in [-0.15, -0.1) is 0 Å². The van der Waals surface area contributed by atoms with Crippen molar-refractivity contribution in [3.05, 3.63) is 0 Å². The molecule has 1 unspecified atom stereocenters. The van der Waals surface area contributed by atoms with Gasteiger partial charge in [-0.3, -0.25) is 0 Å². The van der Waals surface area contributed by atoms with Crippen molar-refractivity contribution in [2.75, 3.05) is 13.6 Å². The lowest BCUT2D eigenvalue weighted by Crippen LogP contribution is -2.42. The van der Waals surface area contributed by atoms with Crippen molar-refractivity contribution in [1.29, 1.82) is 5.26 Å². The molecule has 0 fully saturated rings. The van der Waals surface area contributed by atoms with Crippen molar-refractivity contribution in [3.63, 3.8) is 0 Å². The number of hydrogen-bond donors (Lipinski definition) is 1. The van der Waals surface area contributed by atoms with Gasteiger partial charge < -0.3 is 10.2 Å². The first-order valence-electron chi connectivity index (χ1n) is 4.54. The smallest absolute Gasteiger partial charge is 0.317 e. The first-order chi connectivity index (χ1) is 6.15. The summed E-state index contributed by atoms with van der Waals surface area (Å²) in [6.07, 6.45) is 1.16. The van der Waals surface area contributed by atoms with E-state index in [4.69, 9.17) is 5.26 Å². The zero-order valence-electron chi connectivity index (χ0n) is 8.50. The fourth-order valence-corrected chi connectivity index (χ4v) is 0.836. The van der Waals surface area contributed by atoms with Gasteiger partial charge in [0.05, 0.1) is 12.5 Å². The Labute approximate surface area is 79.5 Å². The van der Waals surface area contributed by atoms with Crippen LogP contribution in [-0.4, -0.2) is 30.6 Å². The molecule has 0 heterocycles. The van der Waals surface area contributed by atoms with Gasteiger partial charge in [0.25, 0.3) is 0 Å². The molecular weight excluding hydrogens is 166 g/mol. The lowest BCUT2D eigenvalue weighted by atomic mass is 10.2. The Balaban J connectivity index is 3.94. The van der Waals surface area contributed by atoms with E-state index in [0.717, 1.165) is 6.42 Å². The molecule has 1 atom stereocenters. The van der Waals surface area contributed by atoms with Crippen molar-refractivity contribution in [2.24, 2.45) is 0 Å². The highest BCUT2D eigenvalue weighted by molar-refractivity contribution is 5.74. The van der Waals surface area contributed by atoms with Crippen LogP contribution in [0.4, 0.5) is 4.79 Å². The number of amides is 2. The quantitative estimate of drug-likeness (QED) is 0.715. The topological polar surface area (TPSA) is 56.1 Å². The monoisotopic (exact) mass is 183 g/mol. The number of carbonyl (C=O) groups is 1. The lowest BCUT2D eigenvalue weighted by Gasteiger charge is -2.19. The minimum absolute atomic E-state index is 0.0218. The van der Waals surface area contributed by atoms with Crippen LogP contribution < -0.4 is 5.32 Å². The standard InChI is InChI=1S/C9H17N3O/c1-4-8(6-7-10)11-9(13)12(3)5-2/h8H,4-6H2,1-3H3,(H,11,13). The molecule has 0 radical (unpaired) electrons. The van der Waals surface area contributed by atoms with E-state index in [9.17, 15) is 4.79 Å². The number of nitrogens with one attached hydrogen (secondary N) is 1. The molecule has 1 N–H and O–H groups in total. The van der Waals surface area contributed by atoms with Gasteiger partial charge in [0.15, 0.2) is 0 Å². The van der Waals surface area contributed by atoms with Gasteiger partial charge in [0.2, 0.25) is 0 Å². The molecule has 4 nitrogen and oxygen atoms in total. The second kappa shape index (κ2) is 6.30. The Morgan fingerprint density at radius 2 is 2.23 bits per heavy atom. The maximum absolute atomic E-state index is 11.3. The first-order valence-corrected chi connectivity index (χ1v) is 4.54. The van der Waals surface area contributed by atoms with Gasteiger partial charge >= 0.3 is 6.03 Å². The number of nitrogens with zero attached hydrogens (tertiary/aromatic N) is 2. The average molecular weight is 183 g/mol. The van der Waals surface area contributed by atoms with Gasteiger partial charge in [0.1, 0.15) is 0 Å². The van der Waals surface area contributed by atoms with Crippen molar-refractivity contribution < 1.29 is 4.79 Å². The predicted molar refractivity (Wildman–Crippen MR) is 51.1 cm³/mol. The molecule has 0 spiro atoms. The second-order valence-corrected chi connectivity index (χ2v) is 2.93. The predicted octanol–water partition coefficient (Wildman–Crippen LogP) is 1.34. The third-order valence-corrected chi connectivity index (χ3v) is 1.98. The van der Waals surface area contributed by atoms with Crippen LogP contribution >= 0.6 is 0 Å². The molecule has 74 valence electrons. The van der Waals surface area contributed by atoms with Crippen LogP contribution in [0, 0.1) is 11.3 Å². The van der Waals surface area contributed by atoms with E-state index in [1.165, 1.54) is 0 Å².